The van der Waals surface area contributed by atoms with Crippen LogP contribution in [0.5, 0.6) is 0 Å². The minimum Gasteiger partial charge on any atom is -0.395 e. The molecule has 1 amide bonds. The standard InChI is InChI=1S/C21H29Cl2N3O3/c22-16-4-3-15(11-17(16)23)12-20(28)26-8-7-25(9-10-27)19-14-29-13-18(21(19)26)24-5-1-2-6-24/h3-4,11,18-19,21,27H,1-2,5-10,12-14H2/t18?,19?,21-/m1/s1. The van der Waals surface area contributed by atoms with E-state index in [1.807, 2.05) is 6.07 Å². The maximum absolute atomic E-state index is 13.4. The molecular weight excluding hydrogens is 413 g/mol. The van der Waals surface area contributed by atoms with Gasteiger partial charge in [-0.05, 0) is 43.6 Å². The van der Waals surface area contributed by atoms with Crippen LogP contribution in [0.1, 0.15) is 18.4 Å². The number of benzene rings is 1. The van der Waals surface area contributed by atoms with E-state index in [2.05, 4.69) is 14.7 Å². The third-order valence-corrected chi connectivity index (χ3v) is 7.22. The molecule has 0 bridgehead atoms. The van der Waals surface area contributed by atoms with Gasteiger partial charge in [-0.2, -0.15) is 0 Å². The molecule has 1 N–H and O–H groups in total. The summed E-state index contributed by atoms with van der Waals surface area (Å²) >= 11 is 12.2. The van der Waals surface area contributed by atoms with Gasteiger partial charge in [0.2, 0.25) is 5.91 Å². The maximum Gasteiger partial charge on any atom is 0.227 e. The third-order valence-electron chi connectivity index (χ3n) is 6.48. The molecule has 3 atom stereocenters. The number of β-amino-alcohol motifs (C(OH)–C–C–N with tert-alkyl or cyclic N) is 1. The highest BCUT2D eigenvalue weighted by molar-refractivity contribution is 6.42. The van der Waals surface area contributed by atoms with Crippen LogP contribution in [0.3, 0.4) is 0 Å². The van der Waals surface area contributed by atoms with Crippen molar-refractivity contribution in [1.29, 1.82) is 0 Å². The Hall–Kier alpha value is -0.890. The van der Waals surface area contributed by atoms with Crippen LogP contribution in [0.15, 0.2) is 18.2 Å². The van der Waals surface area contributed by atoms with Crippen LogP contribution in [0, 0.1) is 0 Å². The largest absolute Gasteiger partial charge is 0.395 e. The quantitative estimate of drug-likeness (QED) is 0.755. The van der Waals surface area contributed by atoms with Gasteiger partial charge in [-0.3, -0.25) is 14.6 Å². The summed E-state index contributed by atoms with van der Waals surface area (Å²) in [6.07, 6.45) is 2.71. The Labute approximate surface area is 182 Å². The number of fused-ring (bicyclic) bond motifs is 1. The topological polar surface area (TPSA) is 56.3 Å². The Bertz CT molecular complexity index is 729. The Balaban J connectivity index is 1.56. The van der Waals surface area contributed by atoms with E-state index in [1.54, 1.807) is 12.1 Å². The van der Waals surface area contributed by atoms with Crippen LogP contribution >= 0.6 is 23.2 Å². The van der Waals surface area contributed by atoms with Gasteiger partial charge >= 0.3 is 0 Å². The number of nitrogens with zero attached hydrogens (tertiary/aromatic N) is 3. The normalized spacial score (nSPS) is 28.5. The number of carbonyl (C=O) groups is 1. The minimum absolute atomic E-state index is 0.0809. The van der Waals surface area contributed by atoms with E-state index >= 15 is 0 Å². The first-order valence-corrected chi connectivity index (χ1v) is 11.2. The molecule has 1 aromatic rings. The van der Waals surface area contributed by atoms with Gasteiger partial charge in [0.05, 0.1) is 54.4 Å². The predicted molar refractivity (Wildman–Crippen MR) is 114 cm³/mol. The van der Waals surface area contributed by atoms with Crippen molar-refractivity contribution in [3.05, 3.63) is 33.8 Å². The summed E-state index contributed by atoms with van der Waals surface area (Å²) in [5, 5.41) is 10.5. The molecule has 4 rings (SSSR count). The highest BCUT2D eigenvalue weighted by Gasteiger charge is 2.47. The fraction of sp³-hybridized carbons (Fsp3) is 0.667. The van der Waals surface area contributed by atoms with Gasteiger partial charge in [-0.1, -0.05) is 29.3 Å². The number of aliphatic hydroxyl groups excluding tert-OH is 1. The fourth-order valence-electron chi connectivity index (χ4n) is 5.07. The molecule has 8 heteroatoms. The SMILES string of the molecule is O=C(Cc1ccc(Cl)c(Cl)c1)N1CCN(CCO)C2COCC(N3CCCC3)[C@H]21. The van der Waals surface area contributed by atoms with E-state index in [1.165, 1.54) is 12.8 Å². The zero-order valence-corrected chi connectivity index (χ0v) is 18.1. The van der Waals surface area contributed by atoms with Gasteiger partial charge in [0.25, 0.3) is 0 Å². The molecule has 2 unspecified atom stereocenters. The summed E-state index contributed by atoms with van der Waals surface area (Å²) in [7, 11) is 0. The summed E-state index contributed by atoms with van der Waals surface area (Å²) in [5.41, 5.74) is 0.878. The van der Waals surface area contributed by atoms with Gasteiger partial charge in [0, 0.05) is 19.6 Å². The van der Waals surface area contributed by atoms with Crippen LogP contribution in [-0.2, 0) is 16.0 Å². The van der Waals surface area contributed by atoms with Crippen LogP contribution in [0.25, 0.3) is 0 Å². The number of likely N-dealkylation sites (tertiary alicyclic amines) is 1. The molecule has 6 nitrogen and oxygen atoms in total. The van der Waals surface area contributed by atoms with Crippen LogP contribution in [0.2, 0.25) is 10.0 Å². The number of aliphatic hydroxyl groups is 1. The van der Waals surface area contributed by atoms with Crippen molar-refractivity contribution in [3.63, 3.8) is 0 Å². The molecule has 0 spiro atoms. The smallest absolute Gasteiger partial charge is 0.227 e. The molecule has 3 saturated heterocycles. The number of halogens is 2. The average Bonchev–Trinajstić information content (AvgIpc) is 3.25. The molecule has 0 aliphatic carbocycles. The lowest BCUT2D eigenvalue weighted by molar-refractivity contribution is -0.152. The van der Waals surface area contributed by atoms with E-state index in [0.717, 1.165) is 25.2 Å². The van der Waals surface area contributed by atoms with Gasteiger partial charge < -0.3 is 14.7 Å². The summed E-state index contributed by atoms with van der Waals surface area (Å²) in [5.74, 6) is 0.119. The van der Waals surface area contributed by atoms with E-state index in [9.17, 15) is 9.90 Å². The monoisotopic (exact) mass is 441 g/mol. The molecule has 0 saturated carbocycles. The first-order chi connectivity index (χ1) is 14.1. The number of hydrogen-bond donors (Lipinski definition) is 1. The lowest BCUT2D eigenvalue weighted by Gasteiger charge is -2.54. The summed E-state index contributed by atoms with van der Waals surface area (Å²) in [4.78, 5) is 20.2. The first-order valence-electron chi connectivity index (χ1n) is 10.5. The van der Waals surface area contributed by atoms with Crippen LogP contribution in [-0.4, -0.2) is 96.4 Å². The van der Waals surface area contributed by atoms with Crippen molar-refractivity contribution in [2.45, 2.75) is 37.4 Å². The lowest BCUT2D eigenvalue weighted by Crippen LogP contribution is -2.71. The molecule has 160 valence electrons. The van der Waals surface area contributed by atoms with Crippen LogP contribution in [0.4, 0.5) is 0 Å². The van der Waals surface area contributed by atoms with Gasteiger partial charge in [0.15, 0.2) is 0 Å². The van der Waals surface area contributed by atoms with Crippen molar-refractivity contribution >= 4 is 29.1 Å². The predicted octanol–water partition coefficient (Wildman–Crippen LogP) is 1.90. The molecule has 0 radical (unpaired) electrons. The molecule has 1 aromatic carbocycles. The number of amides is 1. The first kappa shape index (κ1) is 21.3. The van der Waals surface area contributed by atoms with Crippen molar-refractivity contribution < 1.29 is 14.6 Å². The zero-order valence-electron chi connectivity index (χ0n) is 16.6. The van der Waals surface area contributed by atoms with Gasteiger partial charge in [-0.25, -0.2) is 0 Å². The van der Waals surface area contributed by atoms with Crippen molar-refractivity contribution in [3.8, 4) is 0 Å². The fourth-order valence-corrected chi connectivity index (χ4v) is 5.39. The Morgan fingerprint density at radius 2 is 1.83 bits per heavy atom. The second-order valence-electron chi connectivity index (χ2n) is 8.18. The van der Waals surface area contributed by atoms with Crippen LogP contribution < -0.4 is 0 Å². The molecular formula is C21H29Cl2N3O3. The highest BCUT2D eigenvalue weighted by atomic mass is 35.5. The molecule has 3 aliphatic rings. The lowest BCUT2D eigenvalue weighted by atomic mass is 9.91. The second kappa shape index (κ2) is 9.50. The number of ether oxygens (including phenoxy) is 1. The third kappa shape index (κ3) is 4.58. The van der Waals surface area contributed by atoms with Crippen molar-refractivity contribution in [1.82, 2.24) is 14.7 Å². The number of rotatable bonds is 5. The van der Waals surface area contributed by atoms with Crippen molar-refractivity contribution in [2.75, 3.05) is 52.5 Å². The van der Waals surface area contributed by atoms with Crippen molar-refractivity contribution in [2.24, 2.45) is 0 Å². The summed E-state index contributed by atoms with van der Waals surface area (Å²) < 4.78 is 5.98. The van der Waals surface area contributed by atoms with Gasteiger partial charge in [-0.15, -0.1) is 0 Å². The van der Waals surface area contributed by atoms with Gasteiger partial charge in [0.1, 0.15) is 0 Å². The average molecular weight is 442 g/mol. The Kier molecular flexibility index (Phi) is 6.99. The minimum atomic E-state index is 0.0809. The second-order valence-corrected chi connectivity index (χ2v) is 8.99. The summed E-state index contributed by atoms with van der Waals surface area (Å²) in [6, 6.07) is 5.80. The maximum atomic E-state index is 13.4. The molecule has 3 aliphatic heterocycles. The van der Waals surface area contributed by atoms with E-state index in [0.29, 0.717) is 42.8 Å². The number of carbonyl (C=O) groups excluding carboxylic acids is 1. The highest BCUT2D eigenvalue weighted by Crippen LogP contribution is 2.30. The molecule has 0 aromatic heterocycles. The number of piperazine rings is 1. The number of hydrogen-bond acceptors (Lipinski definition) is 5. The van der Waals surface area contributed by atoms with E-state index in [4.69, 9.17) is 27.9 Å². The summed E-state index contributed by atoms with van der Waals surface area (Å²) in [6.45, 7) is 5.55. The molecule has 3 heterocycles. The van der Waals surface area contributed by atoms with E-state index < -0.39 is 0 Å². The Morgan fingerprint density at radius 3 is 2.55 bits per heavy atom. The molecule has 3 fully saturated rings. The van der Waals surface area contributed by atoms with E-state index in [-0.39, 0.29) is 30.6 Å². The molecule has 29 heavy (non-hydrogen) atoms. The zero-order chi connectivity index (χ0) is 20.4. The Morgan fingerprint density at radius 1 is 1.07 bits per heavy atom.